The van der Waals surface area contributed by atoms with E-state index in [-0.39, 0.29) is 0 Å². The lowest BCUT2D eigenvalue weighted by molar-refractivity contribution is 0.155. The van der Waals surface area contributed by atoms with Crippen molar-refractivity contribution in [1.29, 1.82) is 0 Å². The van der Waals surface area contributed by atoms with Crippen LogP contribution >= 0.6 is 0 Å². The Morgan fingerprint density at radius 1 is 0.750 bits per heavy atom. The smallest absolute Gasteiger partial charge is 0.0136 e. The third-order valence-electron chi connectivity index (χ3n) is 5.26. The van der Waals surface area contributed by atoms with Gasteiger partial charge in [-0.2, -0.15) is 0 Å². The predicted octanol–water partition coefficient (Wildman–Crippen LogP) is 2.85. The highest BCUT2D eigenvalue weighted by atomic mass is 14.6. The summed E-state index contributed by atoms with van der Waals surface area (Å²) in [7, 11) is 0. The highest BCUT2D eigenvalue weighted by Gasteiger charge is 2.59. The molecule has 0 saturated heterocycles. The van der Waals surface area contributed by atoms with Gasteiger partial charge in [0.05, 0.1) is 0 Å². The first-order valence-electron chi connectivity index (χ1n) is 5.63. The van der Waals surface area contributed by atoms with Crippen molar-refractivity contribution in [2.45, 2.75) is 25.7 Å². The first kappa shape index (κ1) is 6.23. The highest BCUT2D eigenvalue weighted by Crippen LogP contribution is 2.66. The Hall–Kier alpha value is -0.260. The lowest BCUT2D eigenvalue weighted by atomic mass is 9.65. The molecule has 4 rings (SSSR count). The number of hydrogen-bond donors (Lipinski definition) is 0. The SMILES string of the molecule is C1=CC2C1C1CC2C2CCCC12. The minimum absolute atomic E-state index is 1.05. The van der Waals surface area contributed by atoms with Crippen LogP contribution in [-0.4, -0.2) is 0 Å². The minimum atomic E-state index is 1.05. The van der Waals surface area contributed by atoms with E-state index in [1.54, 1.807) is 25.7 Å². The Bertz CT molecular complexity index is 229. The van der Waals surface area contributed by atoms with Crippen molar-refractivity contribution >= 4 is 0 Å². The molecule has 4 aliphatic rings. The van der Waals surface area contributed by atoms with Crippen molar-refractivity contribution in [1.82, 2.24) is 0 Å². The second-order valence-electron chi connectivity index (χ2n) is 5.36. The first-order valence-corrected chi connectivity index (χ1v) is 5.63. The van der Waals surface area contributed by atoms with Crippen LogP contribution in [0.25, 0.3) is 0 Å². The van der Waals surface area contributed by atoms with Gasteiger partial charge in [-0.1, -0.05) is 18.6 Å². The Morgan fingerprint density at radius 3 is 1.83 bits per heavy atom. The van der Waals surface area contributed by atoms with Gasteiger partial charge < -0.3 is 0 Å². The van der Waals surface area contributed by atoms with Gasteiger partial charge in [0.15, 0.2) is 0 Å². The van der Waals surface area contributed by atoms with Gasteiger partial charge in [0, 0.05) is 0 Å². The zero-order valence-corrected chi connectivity index (χ0v) is 7.45. The molecular formula is C12H16. The quantitative estimate of drug-likeness (QED) is 0.478. The normalized spacial score (nSPS) is 64.7. The standard InChI is InChI=1S/C12H16/c1-2-7-8(3-1)12-6-11(7)9-4-5-10(9)12/h4-5,7-12H,1-3,6H2. The molecule has 6 atom stereocenters. The second kappa shape index (κ2) is 1.81. The van der Waals surface area contributed by atoms with Gasteiger partial charge in [-0.15, -0.1) is 0 Å². The number of rotatable bonds is 0. The van der Waals surface area contributed by atoms with Gasteiger partial charge in [-0.25, -0.2) is 0 Å². The van der Waals surface area contributed by atoms with Crippen LogP contribution in [0.1, 0.15) is 25.7 Å². The molecule has 0 aliphatic heterocycles. The van der Waals surface area contributed by atoms with Crippen LogP contribution in [0.2, 0.25) is 0 Å². The minimum Gasteiger partial charge on any atom is -0.0842 e. The largest absolute Gasteiger partial charge is 0.0842 e. The lowest BCUT2D eigenvalue weighted by Crippen LogP contribution is -2.34. The average molecular weight is 160 g/mol. The van der Waals surface area contributed by atoms with Crippen molar-refractivity contribution in [3.63, 3.8) is 0 Å². The van der Waals surface area contributed by atoms with E-state index < -0.39 is 0 Å². The fraction of sp³-hybridized carbons (Fsp3) is 0.833. The van der Waals surface area contributed by atoms with Crippen molar-refractivity contribution in [2.24, 2.45) is 35.5 Å². The third-order valence-corrected chi connectivity index (χ3v) is 5.26. The Balaban J connectivity index is 1.78. The maximum Gasteiger partial charge on any atom is -0.0136 e. The molecule has 12 heavy (non-hydrogen) atoms. The molecule has 3 fully saturated rings. The fourth-order valence-electron chi connectivity index (χ4n) is 4.85. The number of allylic oxidation sites excluding steroid dienone is 2. The molecule has 0 heteroatoms. The molecule has 0 aromatic rings. The molecule has 0 N–H and O–H groups in total. The maximum absolute atomic E-state index is 2.50. The van der Waals surface area contributed by atoms with E-state index in [4.69, 9.17) is 0 Å². The van der Waals surface area contributed by atoms with E-state index in [0.717, 1.165) is 23.7 Å². The van der Waals surface area contributed by atoms with Crippen LogP contribution in [0, 0.1) is 35.5 Å². The molecule has 0 heterocycles. The van der Waals surface area contributed by atoms with E-state index >= 15 is 0 Å². The van der Waals surface area contributed by atoms with E-state index in [0.29, 0.717) is 0 Å². The molecule has 4 aliphatic carbocycles. The van der Waals surface area contributed by atoms with Gasteiger partial charge in [0.1, 0.15) is 0 Å². The van der Waals surface area contributed by atoms with Crippen molar-refractivity contribution in [3.05, 3.63) is 12.2 Å². The summed E-state index contributed by atoms with van der Waals surface area (Å²) in [6, 6.07) is 0. The van der Waals surface area contributed by atoms with Crippen LogP contribution in [0.15, 0.2) is 12.2 Å². The second-order valence-corrected chi connectivity index (χ2v) is 5.36. The third kappa shape index (κ3) is 0.496. The molecule has 0 amide bonds. The van der Waals surface area contributed by atoms with Crippen LogP contribution in [0.5, 0.6) is 0 Å². The summed E-state index contributed by atoms with van der Waals surface area (Å²) in [4.78, 5) is 0. The molecule has 0 radical (unpaired) electrons. The summed E-state index contributed by atoms with van der Waals surface area (Å²) >= 11 is 0. The van der Waals surface area contributed by atoms with Gasteiger partial charge in [0.2, 0.25) is 0 Å². The zero-order valence-electron chi connectivity index (χ0n) is 7.45. The Kier molecular flexibility index (Phi) is 0.939. The summed E-state index contributed by atoms with van der Waals surface area (Å²) in [6.45, 7) is 0. The summed E-state index contributed by atoms with van der Waals surface area (Å²) in [5.41, 5.74) is 0. The van der Waals surface area contributed by atoms with Crippen LogP contribution in [0.4, 0.5) is 0 Å². The van der Waals surface area contributed by atoms with Crippen molar-refractivity contribution in [3.8, 4) is 0 Å². The van der Waals surface area contributed by atoms with Gasteiger partial charge >= 0.3 is 0 Å². The molecule has 0 aromatic heterocycles. The van der Waals surface area contributed by atoms with E-state index in [1.165, 1.54) is 11.8 Å². The highest BCUT2D eigenvalue weighted by molar-refractivity contribution is 5.23. The van der Waals surface area contributed by atoms with E-state index in [2.05, 4.69) is 12.2 Å². The average Bonchev–Trinajstić information content (AvgIpc) is 2.56. The van der Waals surface area contributed by atoms with Crippen molar-refractivity contribution in [2.75, 3.05) is 0 Å². The molecule has 0 nitrogen and oxygen atoms in total. The van der Waals surface area contributed by atoms with E-state index in [9.17, 15) is 0 Å². The Labute approximate surface area is 74.0 Å². The topological polar surface area (TPSA) is 0 Å². The predicted molar refractivity (Wildman–Crippen MR) is 48.5 cm³/mol. The number of fused-ring (bicyclic) bond motifs is 8. The summed E-state index contributed by atoms with van der Waals surface area (Å²) in [5.74, 6) is 6.71. The van der Waals surface area contributed by atoms with Crippen LogP contribution in [-0.2, 0) is 0 Å². The molecule has 6 unspecified atom stereocenters. The zero-order chi connectivity index (χ0) is 7.71. The molecule has 64 valence electrons. The number of hydrogen-bond acceptors (Lipinski definition) is 0. The molecule has 2 bridgehead atoms. The van der Waals surface area contributed by atoms with Gasteiger partial charge in [-0.3, -0.25) is 0 Å². The van der Waals surface area contributed by atoms with Crippen LogP contribution < -0.4 is 0 Å². The molecule has 3 saturated carbocycles. The maximum atomic E-state index is 2.50. The first-order chi connectivity index (χ1) is 5.95. The monoisotopic (exact) mass is 160 g/mol. The Morgan fingerprint density at radius 2 is 1.33 bits per heavy atom. The summed E-state index contributed by atoms with van der Waals surface area (Å²) in [5, 5.41) is 0. The fourth-order valence-corrected chi connectivity index (χ4v) is 4.85. The van der Waals surface area contributed by atoms with E-state index in [1.807, 2.05) is 0 Å². The van der Waals surface area contributed by atoms with Gasteiger partial charge in [0.25, 0.3) is 0 Å². The van der Waals surface area contributed by atoms with Crippen molar-refractivity contribution < 1.29 is 0 Å². The molecule has 0 spiro atoms. The molecular weight excluding hydrogens is 144 g/mol. The van der Waals surface area contributed by atoms with Gasteiger partial charge in [-0.05, 0) is 54.8 Å². The summed E-state index contributed by atoms with van der Waals surface area (Å²) in [6.07, 6.45) is 11.3. The summed E-state index contributed by atoms with van der Waals surface area (Å²) < 4.78 is 0. The van der Waals surface area contributed by atoms with Crippen LogP contribution in [0.3, 0.4) is 0 Å². The lowest BCUT2D eigenvalue weighted by Gasteiger charge is -2.40. The molecule has 0 aromatic carbocycles.